The average molecular weight is 496 g/mol. The summed E-state index contributed by atoms with van der Waals surface area (Å²) in [7, 11) is 1.87. The van der Waals surface area contributed by atoms with Gasteiger partial charge in [-0.1, -0.05) is 38.5 Å². The molecule has 3 aliphatic rings. The Morgan fingerprint density at radius 3 is 2.81 bits per heavy atom. The molecule has 0 bridgehead atoms. The number of aliphatic carboxylic acids is 1. The summed E-state index contributed by atoms with van der Waals surface area (Å²) in [6.45, 7) is 8.81. The highest BCUT2D eigenvalue weighted by molar-refractivity contribution is 6.43. The first kappa shape index (κ1) is 25.7. The maximum Gasteiger partial charge on any atom is 0.310 e. The Morgan fingerprint density at radius 1 is 1.31 bits per heavy atom. The summed E-state index contributed by atoms with van der Waals surface area (Å²) < 4.78 is 20.9. The number of carbonyl (C=O) groups is 2. The van der Waals surface area contributed by atoms with Gasteiger partial charge in [0, 0.05) is 30.9 Å². The van der Waals surface area contributed by atoms with Gasteiger partial charge in [-0.3, -0.25) is 9.59 Å². The van der Waals surface area contributed by atoms with Crippen molar-refractivity contribution in [1.82, 2.24) is 9.80 Å². The first-order chi connectivity index (χ1) is 17.2. The van der Waals surface area contributed by atoms with Crippen LogP contribution in [0.25, 0.3) is 5.57 Å². The summed E-state index contributed by atoms with van der Waals surface area (Å²) in [4.78, 5) is 33.2. The van der Waals surface area contributed by atoms with E-state index in [-0.39, 0.29) is 36.3 Å². The van der Waals surface area contributed by atoms with Crippen LogP contribution in [0.5, 0.6) is 5.75 Å². The number of benzene rings is 1. The van der Waals surface area contributed by atoms with Gasteiger partial charge in [-0.15, -0.1) is 0 Å². The third-order valence-electron chi connectivity index (χ3n) is 7.28. The number of fused-ring (bicyclic) bond motifs is 1. The molecule has 1 aromatic rings. The number of hydrogen-bond donors (Lipinski definition) is 1. The molecule has 8 heteroatoms. The van der Waals surface area contributed by atoms with Gasteiger partial charge in [0.2, 0.25) is 0 Å². The number of aliphatic imine (C=N–C) groups is 1. The number of likely N-dealkylation sites (tertiary alicyclic amines) is 1. The molecule has 0 saturated carbocycles. The molecule has 7 nitrogen and oxygen atoms in total. The molecule has 2 atom stereocenters. The Balaban J connectivity index is 1.64. The number of ether oxygens (including phenoxy) is 1. The van der Waals surface area contributed by atoms with Gasteiger partial charge >= 0.3 is 5.97 Å². The van der Waals surface area contributed by atoms with Crippen LogP contribution >= 0.6 is 0 Å². The summed E-state index contributed by atoms with van der Waals surface area (Å²) in [5.74, 6) is -1.72. The normalized spacial score (nSPS) is 23.3. The number of carboxylic acid groups (broad SMARTS) is 1. The van der Waals surface area contributed by atoms with Crippen LogP contribution in [-0.2, 0) is 16.0 Å². The SMILES string of the molecule is C=C(/C=C1/N=C(C(=O)N2CCCCCC2C)C=C(CC)N1C)c1ccc2c(c1F)OCC(C(=O)O)C2. The molecule has 4 rings (SSSR count). The van der Waals surface area contributed by atoms with Crippen LogP contribution in [0.2, 0.25) is 0 Å². The highest BCUT2D eigenvalue weighted by Gasteiger charge is 2.30. The van der Waals surface area contributed by atoms with Crippen LogP contribution in [0.1, 0.15) is 57.1 Å². The molecule has 1 fully saturated rings. The Labute approximate surface area is 211 Å². The lowest BCUT2D eigenvalue weighted by Crippen LogP contribution is -2.43. The number of amides is 1. The van der Waals surface area contributed by atoms with Crippen molar-refractivity contribution in [3.05, 3.63) is 59.3 Å². The maximum absolute atomic E-state index is 15.4. The Hall–Kier alpha value is -3.42. The Kier molecular flexibility index (Phi) is 7.62. The molecule has 0 aliphatic carbocycles. The van der Waals surface area contributed by atoms with Gasteiger partial charge in [-0.25, -0.2) is 9.38 Å². The molecule has 3 aliphatic heterocycles. The lowest BCUT2D eigenvalue weighted by Gasteiger charge is -2.31. The fourth-order valence-electron chi connectivity index (χ4n) is 5.00. The van der Waals surface area contributed by atoms with Gasteiger partial charge in [0.15, 0.2) is 11.6 Å². The molecule has 0 radical (unpaired) electrons. The van der Waals surface area contributed by atoms with Crippen molar-refractivity contribution in [1.29, 1.82) is 0 Å². The minimum atomic E-state index is -0.961. The van der Waals surface area contributed by atoms with E-state index in [1.165, 1.54) is 0 Å². The Morgan fingerprint density at radius 2 is 2.08 bits per heavy atom. The van der Waals surface area contributed by atoms with Crippen LogP contribution in [0.15, 0.2) is 47.4 Å². The molecular weight excluding hydrogens is 461 g/mol. The van der Waals surface area contributed by atoms with Crippen LogP contribution < -0.4 is 4.74 Å². The lowest BCUT2D eigenvalue weighted by molar-refractivity contribution is -0.143. The molecule has 2 unspecified atom stereocenters. The lowest BCUT2D eigenvalue weighted by atomic mass is 9.94. The van der Waals surface area contributed by atoms with Crippen molar-refractivity contribution < 1.29 is 23.8 Å². The summed E-state index contributed by atoms with van der Waals surface area (Å²) in [6.07, 6.45) is 8.64. The predicted molar refractivity (Wildman–Crippen MR) is 137 cm³/mol. The van der Waals surface area contributed by atoms with E-state index in [9.17, 15) is 14.7 Å². The molecule has 3 heterocycles. The first-order valence-corrected chi connectivity index (χ1v) is 12.6. The van der Waals surface area contributed by atoms with Gasteiger partial charge < -0.3 is 19.6 Å². The zero-order valence-electron chi connectivity index (χ0n) is 21.2. The first-order valence-electron chi connectivity index (χ1n) is 12.6. The number of hydrogen-bond acceptors (Lipinski definition) is 5. The van der Waals surface area contributed by atoms with Crippen LogP contribution in [-0.4, -0.2) is 58.7 Å². The van der Waals surface area contributed by atoms with E-state index in [0.717, 1.165) is 37.9 Å². The van der Waals surface area contributed by atoms with Crippen molar-refractivity contribution in [2.75, 3.05) is 20.2 Å². The summed E-state index contributed by atoms with van der Waals surface area (Å²) in [5.41, 5.74) is 2.48. The highest BCUT2D eigenvalue weighted by Crippen LogP contribution is 2.35. The molecular formula is C28H34FN3O4. The zero-order valence-corrected chi connectivity index (χ0v) is 21.2. The topological polar surface area (TPSA) is 82.4 Å². The summed E-state index contributed by atoms with van der Waals surface area (Å²) >= 11 is 0. The largest absolute Gasteiger partial charge is 0.489 e. The van der Waals surface area contributed by atoms with Gasteiger partial charge in [-0.2, -0.15) is 0 Å². The second kappa shape index (κ2) is 10.7. The predicted octanol–water partition coefficient (Wildman–Crippen LogP) is 4.79. The van der Waals surface area contributed by atoms with Gasteiger partial charge in [0.05, 0.1) is 5.92 Å². The molecule has 1 saturated heterocycles. The summed E-state index contributed by atoms with van der Waals surface area (Å²) in [6, 6.07) is 3.44. The van der Waals surface area contributed by atoms with E-state index < -0.39 is 17.7 Å². The van der Waals surface area contributed by atoms with E-state index in [1.807, 2.05) is 29.8 Å². The Bertz CT molecular complexity index is 1170. The smallest absolute Gasteiger partial charge is 0.310 e. The maximum atomic E-state index is 15.4. The molecule has 0 aromatic heterocycles. The number of allylic oxidation sites excluding steroid dienone is 3. The average Bonchev–Trinajstić information content (AvgIpc) is 3.08. The van der Waals surface area contributed by atoms with Crippen molar-refractivity contribution >= 4 is 23.2 Å². The van der Waals surface area contributed by atoms with Crippen molar-refractivity contribution in [2.45, 2.75) is 58.4 Å². The molecule has 192 valence electrons. The van der Waals surface area contributed by atoms with Crippen molar-refractivity contribution in [3.63, 3.8) is 0 Å². The van der Waals surface area contributed by atoms with Gasteiger partial charge in [0.1, 0.15) is 18.1 Å². The van der Waals surface area contributed by atoms with E-state index in [1.54, 1.807) is 18.2 Å². The second-order valence-electron chi connectivity index (χ2n) is 9.74. The van der Waals surface area contributed by atoms with E-state index in [2.05, 4.69) is 18.5 Å². The van der Waals surface area contributed by atoms with Crippen molar-refractivity contribution in [2.24, 2.45) is 10.9 Å². The number of carboxylic acids is 1. The number of carbonyl (C=O) groups excluding carboxylic acids is 1. The van der Waals surface area contributed by atoms with Crippen LogP contribution in [0.4, 0.5) is 4.39 Å². The second-order valence-corrected chi connectivity index (χ2v) is 9.74. The highest BCUT2D eigenvalue weighted by atomic mass is 19.1. The quantitative estimate of drug-likeness (QED) is 0.635. The van der Waals surface area contributed by atoms with E-state index in [4.69, 9.17) is 4.74 Å². The summed E-state index contributed by atoms with van der Waals surface area (Å²) in [5, 5.41) is 9.25. The fourth-order valence-corrected chi connectivity index (χ4v) is 5.00. The number of nitrogens with zero attached hydrogens (tertiary/aromatic N) is 3. The zero-order chi connectivity index (χ0) is 26.0. The monoisotopic (exact) mass is 495 g/mol. The van der Waals surface area contributed by atoms with E-state index >= 15 is 4.39 Å². The van der Waals surface area contributed by atoms with Crippen LogP contribution in [0.3, 0.4) is 0 Å². The minimum Gasteiger partial charge on any atom is -0.489 e. The van der Waals surface area contributed by atoms with Crippen molar-refractivity contribution in [3.8, 4) is 5.75 Å². The minimum absolute atomic E-state index is 0.0743. The van der Waals surface area contributed by atoms with E-state index in [0.29, 0.717) is 29.1 Å². The fraction of sp³-hybridized carbons (Fsp3) is 0.464. The number of halogens is 1. The molecule has 1 amide bonds. The molecule has 0 spiro atoms. The van der Waals surface area contributed by atoms with Gasteiger partial charge in [-0.05, 0) is 55.9 Å². The molecule has 1 aromatic carbocycles. The van der Waals surface area contributed by atoms with Gasteiger partial charge in [0.25, 0.3) is 5.91 Å². The standard InChI is InChI=1S/C28H34FN3O4/c1-5-21-15-23(27(33)32-12-8-6-7-9-18(32)3)30-24(31(21)4)13-17(2)22-11-10-19-14-20(28(34)35)16-36-26(19)25(22)29/h10-11,13,15,18,20H,2,5-9,12,14,16H2,1,3-4H3,(H,34,35)/b24-13-. The number of rotatable bonds is 5. The van der Waals surface area contributed by atoms with Crippen LogP contribution in [0, 0.1) is 11.7 Å². The molecule has 36 heavy (non-hydrogen) atoms. The molecule has 1 N–H and O–H groups in total. The third-order valence-corrected chi connectivity index (χ3v) is 7.28. The third kappa shape index (κ3) is 5.08.